The van der Waals surface area contributed by atoms with Crippen LogP contribution in [0.3, 0.4) is 0 Å². The Hall–Kier alpha value is -1.88. The molecule has 0 atom stereocenters. The molecular weight excluding hydrogens is 264 g/mol. The van der Waals surface area contributed by atoms with Crippen molar-refractivity contribution in [2.75, 3.05) is 0 Å². The molecule has 0 saturated carbocycles. The maximum Gasteiger partial charge on any atom is 0.164 e. The van der Waals surface area contributed by atoms with Crippen molar-refractivity contribution in [1.29, 1.82) is 0 Å². The number of ether oxygens (including phenoxy) is 1. The van der Waals surface area contributed by atoms with E-state index in [9.17, 15) is 0 Å². The molecule has 5 nitrogen and oxygen atoms in total. The lowest BCUT2D eigenvalue weighted by Gasteiger charge is -2.22. The summed E-state index contributed by atoms with van der Waals surface area (Å²) in [7, 11) is 1.87. The SMILES string of the molecule is Cc1cccc(CNC(C)(C)C)c1OCc1ncnn1C. The topological polar surface area (TPSA) is 52.0 Å². The van der Waals surface area contributed by atoms with Crippen LogP contribution >= 0.6 is 0 Å². The molecule has 114 valence electrons. The minimum Gasteiger partial charge on any atom is -0.485 e. The second kappa shape index (κ2) is 6.26. The van der Waals surface area contributed by atoms with Crippen LogP contribution in [0.25, 0.3) is 0 Å². The summed E-state index contributed by atoms with van der Waals surface area (Å²) in [6.45, 7) is 9.73. The van der Waals surface area contributed by atoms with Gasteiger partial charge in [0.2, 0.25) is 0 Å². The van der Waals surface area contributed by atoms with Gasteiger partial charge in [0.15, 0.2) is 5.82 Å². The molecule has 0 bridgehead atoms. The number of hydrogen-bond acceptors (Lipinski definition) is 4. The molecule has 0 radical (unpaired) electrons. The van der Waals surface area contributed by atoms with Gasteiger partial charge in [0.05, 0.1) is 0 Å². The molecule has 0 unspecified atom stereocenters. The van der Waals surface area contributed by atoms with Gasteiger partial charge in [0, 0.05) is 24.7 Å². The summed E-state index contributed by atoms with van der Waals surface area (Å²) in [6.07, 6.45) is 1.54. The van der Waals surface area contributed by atoms with Crippen molar-refractivity contribution < 1.29 is 4.74 Å². The van der Waals surface area contributed by atoms with E-state index in [1.807, 2.05) is 7.05 Å². The molecule has 0 aliphatic carbocycles. The lowest BCUT2D eigenvalue weighted by Crippen LogP contribution is -2.35. The van der Waals surface area contributed by atoms with Crippen molar-refractivity contribution >= 4 is 0 Å². The maximum absolute atomic E-state index is 6.00. The van der Waals surface area contributed by atoms with Crippen LogP contribution < -0.4 is 10.1 Å². The highest BCUT2D eigenvalue weighted by molar-refractivity contribution is 5.40. The molecule has 5 heteroatoms. The summed E-state index contributed by atoms with van der Waals surface area (Å²) >= 11 is 0. The van der Waals surface area contributed by atoms with Crippen LogP contribution in [-0.2, 0) is 20.2 Å². The lowest BCUT2D eigenvalue weighted by molar-refractivity contribution is 0.282. The van der Waals surface area contributed by atoms with E-state index >= 15 is 0 Å². The van der Waals surface area contributed by atoms with Crippen molar-refractivity contribution in [3.05, 3.63) is 41.5 Å². The number of benzene rings is 1. The molecule has 1 aromatic heterocycles. The Kier molecular flexibility index (Phi) is 4.63. The van der Waals surface area contributed by atoms with Gasteiger partial charge in [-0.1, -0.05) is 18.2 Å². The number of hydrogen-bond donors (Lipinski definition) is 1. The fourth-order valence-electron chi connectivity index (χ4n) is 2.01. The molecule has 0 amide bonds. The highest BCUT2D eigenvalue weighted by Crippen LogP contribution is 2.24. The molecule has 21 heavy (non-hydrogen) atoms. The van der Waals surface area contributed by atoms with Crippen LogP contribution in [0.5, 0.6) is 5.75 Å². The Labute approximate surface area is 126 Å². The van der Waals surface area contributed by atoms with Crippen molar-refractivity contribution in [3.8, 4) is 5.75 Å². The summed E-state index contributed by atoms with van der Waals surface area (Å²) in [5.41, 5.74) is 2.36. The highest BCUT2D eigenvalue weighted by atomic mass is 16.5. The molecular formula is C16H24N4O. The van der Waals surface area contributed by atoms with Gasteiger partial charge in [-0.05, 0) is 33.3 Å². The number of para-hydroxylation sites is 1. The quantitative estimate of drug-likeness (QED) is 0.919. The zero-order valence-corrected chi connectivity index (χ0v) is 13.5. The van der Waals surface area contributed by atoms with Gasteiger partial charge < -0.3 is 10.1 Å². The number of nitrogens with zero attached hydrogens (tertiary/aromatic N) is 3. The molecule has 1 N–H and O–H groups in total. The van der Waals surface area contributed by atoms with Crippen LogP contribution in [-0.4, -0.2) is 20.3 Å². The summed E-state index contributed by atoms with van der Waals surface area (Å²) in [4.78, 5) is 4.19. The first-order valence-corrected chi connectivity index (χ1v) is 7.16. The van der Waals surface area contributed by atoms with E-state index in [1.165, 1.54) is 0 Å². The molecule has 2 rings (SSSR count). The standard InChI is InChI=1S/C16H24N4O/c1-12-7-6-8-13(9-18-16(2,3)4)15(12)21-10-14-17-11-19-20(14)5/h6-8,11,18H,9-10H2,1-5H3. The van der Waals surface area contributed by atoms with Gasteiger partial charge in [-0.2, -0.15) is 5.10 Å². The van der Waals surface area contributed by atoms with Crippen LogP contribution in [0.1, 0.15) is 37.7 Å². The first-order valence-electron chi connectivity index (χ1n) is 7.16. The van der Waals surface area contributed by atoms with E-state index in [0.717, 1.165) is 29.2 Å². The summed E-state index contributed by atoms with van der Waals surface area (Å²) in [6, 6.07) is 6.22. The molecule has 0 fully saturated rings. The highest BCUT2D eigenvalue weighted by Gasteiger charge is 2.13. The van der Waals surface area contributed by atoms with Gasteiger partial charge in [-0.3, -0.25) is 4.68 Å². The smallest absolute Gasteiger partial charge is 0.164 e. The lowest BCUT2D eigenvalue weighted by atomic mass is 10.1. The van der Waals surface area contributed by atoms with E-state index in [4.69, 9.17) is 4.74 Å². The molecule has 1 heterocycles. The number of rotatable bonds is 5. The van der Waals surface area contributed by atoms with Crippen molar-refractivity contribution in [2.45, 2.75) is 46.4 Å². The third-order valence-corrected chi connectivity index (χ3v) is 3.25. The predicted octanol–water partition coefficient (Wildman–Crippen LogP) is 2.59. The third-order valence-electron chi connectivity index (χ3n) is 3.25. The Balaban J connectivity index is 2.12. The van der Waals surface area contributed by atoms with Crippen LogP contribution in [0.4, 0.5) is 0 Å². The monoisotopic (exact) mass is 288 g/mol. The van der Waals surface area contributed by atoms with Gasteiger partial charge in [0.25, 0.3) is 0 Å². The molecule has 0 aliphatic heterocycles. The van der Waals surface area contributed by atoms with E-state index in [2.05, 4.69) is 61.3 Å². The number of nitrogens with one attached hydrogen (secondary N) is 1. The number of aromatic nitrogens is 3. The summed E-state index contributed by atoms with van der Waals surface area (Å²) in [5, 5.41) is 7.55. The van der Waals surface area contributed by atoms with Gasteiger partial charge in [-0.25, -0.2) is 4.98 Å². The minimum absolute atomic E-state index is 0.0740. The summed E-state index contributed by atoms with van der Waals surface area (Å²) < 4.78 is 7.72. The van der Waals surface area contributed by atoms with Gasteiger partial charge in [-0.15, -0.1) is 0 Å². The second-order valence-corrected chi connectivity index (χ2v) is 6.26. The van der Waals surface area contributed by atoms with E-state index in [0.29, 0.717) is 6.61 Å². The predicted molar refractivity (Wildman–Crippen MR) is 83.1 cm³/mol. The molecule has 2 aromatic rings. The zero-order valence-electron chi connectivity index (χ0n) is 13.5. The van der Waals surface area contributed by atoms with E-state index in [1.54, 1.807) is 11.0 Å². The Morgan fingerprint density at radius 3 is 2.67 bits per heavy atom. The minimum atomic E-state index is 0.0740. The van der Waals surface area contributed by atoms with Crippen molar-refractivity contribution in [3.63, 3.8) is 0 Å². The summed E-state index contributed by atoms with van der Waals surface area (Å²) in [5.74, 6) is 1.74. The largest absolute Gasteiger partial charge is 0.485 e. The van der Waals surface area contributed by atoms with Gasteiger partial charge in [0.1, 0.15) is 18.7 Å². The Morgan fingerprint density at radius 2 is 2.05 bits per heavy atom. The Morgan fingerprint density at radius 1 is 1.29 bits per heavy atom. The van der Waals surface area contributed by atoms with Crippen molar-refractivity contribution in [2.24, 2.45) is 7.05 Å². The fourth-order valence-corrected chi connectivity index (χ4v) is 2.01. The van der Waals surface area contributed by atoms with Crippen molar-refractivity contribution in [1.82, 2.24) is 20.1 Å². The van der Waals surface area contributed by atoms with Crippen LogP contribution in [0, 0.1) is 6.92 Å². The van der Waals surface area contributed by atoms with Crippen LogP contribution in [0.2, 0.25) is 0 Å². The second-order valence-electron chi connectivity index (χ2n) is 6.26. The van der Waals surface area contributed by atoms with E-state index in [-0.39, 0.29) is 5.54 Å². The average molecular weight is 288 g/mol. The molecule has 0 spiro atoms. The number of aryl methyl sites for hydroxylation is 2. The third kappa shape index (κ3) is 4.29. The molecule has 0 aliphatic rings. The zero-order chi connectivity index (χ0) is 15.5. The van der Waals surface area contributed by atoms with Gasteiger partial charge >= 0.3 is 0 Å². The first-order chi connectivity index (χ1) is 9.87. The molecule has 0 saturated heterocycles. The Bertz CT molecular complexity index is 599. The maximum atomic E-state index is 6.00. The normalized spacial score (nSPS) is 11.7. The van der Waals surface area contributed by atoms with Crippen LogP contribution in [0.15, 0.2) is 24.5 Å². The molecule has 1 aromatic carbocycles. The van der Waals surface area contributed by atoms with E-state index < -0.39 is 0 Å². The first kappa shape index (κ1) is 15.5. The fraction of sp³-hybridized carbons (Fsp3) is 0.500. The average Bonchev–Trinajstić information content (AvgIpc) is 2.80.